The molecule has 0 fully saturated rings. The lowest BCUT2D eigenvalue weighted by atomic mass is 10.1. The van der Waals surface area contributed by atoms with Crippen LogP contribution < -0.4 is 9.47 Å². The van der Waals surface area contributed by atoms with Gasteiger partial charge in [-0.05, 0) is 23.3 Å². The first-order valence-corrected chi connectivity index (χ1v) is 6.64. The molecule has 0 heterocycles. The van der Waals surface area contributed by atoms with Crippen molar-refractivity contribution in [2.24, 2.45) is 0 Å². The lowest BCUT2D eigenvalue weighted by Gasteiger charge is -2.15. The molecule has 1 unspecified atom stereocenters. The van der Waals surface area contributed by atoms with Crippen LogP contribution in [0.25, 0.3) is 0 Å². The SMILES string of the molecule is COc1cc(CC#N)ccc1OCC(O)c1ccccc1. The van der Waals surface area contributed by atoms with Crippen molar-refractivity contribution in [1.82, 2.24) is 0 Å². The van der Waals surface area contributed by atoms with Gasteiger partial charge in [-0.2, -0.15) is 5.26 Å². The smallest absolute Gasteiger partial charge is 0.161 e. The fourth-order valence-corrected chi connectivity index (χ4v) is 1.97. The second-order valence-electron chi connectivity index (χ2n) is 4.56. The van der Waals surface area contributed by atoms with Crippen LogP contribution in [0, 0.1) is 11.3 Å². The van der Waals surface area contributed by atoms with Crippen LogP contribution in [0.3, 0.4) is 0 Å². The summed E-state index contributed by atoms with van der Waals surface area (Å²) in [4.78, 5) is 0. The van der Waals surface area contributed by atoms with Gasteiger partial charge in [-0.3, -0.25) is 0 Å². The average molecular weight is 283 g/mol. The molecule has 0 radical (unpaired) electrons. The van der Waals surface area contributed by atoms with Crippen LogP contribution in [0.5, 0.6) is 11.5 Å². The van der Waals surface area contributed by atoms with Crippen molar-refractivity contribution in [3.63, 3.8) is 0 Å². The lowest BCUT2D eigenvalue weighted by Crippen LogP contribution is -2.10. The monoisotopic (exact) mass is 283 g/mol. The Kier molecular flexibility index (Phi) is 5.19. The van der Waals surface area contributed by atoms with Crippen molar-refractivity contribution in [2.45, 2.75) is 12.5 Å². The number of benzene rings is 2. The molecule has 21 heavy (non-hydrogen) atoms. The number of hydrogen-bond acceptors (Lipinski definition) is 4. The summed E-state index contributed by atoms with van der Waals surface area (Å²) in [6.07, 6.45) is -0.377. The zero-order chi connectivity index (χ0) is 15.1. The van der Waals surface area contributed by atoms with E-state index in [1.807, 2.05) is 36.4 Å². The van der Waals surface area contributed by atoms with E-state index in [0.29, 0.717) is 17.9 Å². The summed E-state index contributed by atoms with van der Waals surface area (Å²) < 4.78 is 10.9. The third-order valence-corrected chi connectivity index (χ3v) is 3.09. The van der Waals surface area contributed by atoms with E-state index in [4.69, 9.17) is 14.7 Å². The summed E-state index contributed by atoms with van der Waals surface area (Å²) >= 11 is 0. The van der Waals surface area contributed by atoms with Crippen molar-refractivity contribution in [2.75, 3.05) is 13.7 Å². The second kappa shape index (κ2) is 7.32. The highest BCUT2D eigenvalue weighted by Gasteiger charge is 2.11. The van der Waals surface area contributed by atoms with E-state index in [9.17, 15) is 5.11 Å². The summed E-state index contributed by atoms with van der Waals surface area (Å²) in [5.41, 5.74) is 1.67. The second-order valence-corrected chi connectivity index (χ2v) is 4.56. The Bertz CT molecular complexity index is 620. The molecule has 0 amide bonds. The Morgan fingerprint density at radius 1 is 1.14 bits per heavy atom. The predicted molar refractivity (Wildman–Crippen MR) is 79.2 cm³/mol. The Morgan fingerprint density at radius 2 is 1.90 bits per heavy atom. The standard InChI is InChI=1S/C17H17NO3/c1-20-17-11-13(9-10-18)7-8-16(17)21-12-15(19)14-5-3-2-4-6-14/h2-8,11,15,19H,9,12H2,1H3. The Morgan fingerprint density at radius 3 is 2.57 bits per heavy atom. The van der Waals surface area contributed by atoms with Gasteiger partial charge in [0.25, 0.3) is 0 Å². The third kappa shape index (κ3) is 3.98. The van der Waals surface area contributed by atoms with Gasteiger partial charge in [-0.15, -0.1) is 0 Å². The van der Waals surface area contributed by atoms with Crippen LogP contribution in [0.2, 0.25) is 0 Å². The molecule has 108 valence electrons. The van der Waals surface area contributed by atoms with E-state index in [-0.39, 0.29) is 6.61 Å². The Labute approximate surface area is 124 Å². The number of ether oxygens (including phenoxy) is 2. The van der Waals surface area contributed by atoms with E-state index in [1.165, 1.54) is 0 Å². The minimum Gasteiger partial charge on any atom is -0.493 e. The molecule has 0 saturated carbocycles. The molecule has 0 aliphatic heterocycles. The number of aliphatic hydroxyl groups is 1. The van der Waals surface area contributed by atoms with Crippen molar-refractivity contribution < 1.29 is 14.6 Å². The van der Waals surface area contributed by atoms with Crippen LogP contribution in [0.4, 0.5) is 0 Å². The van der Waals surface area contributed by atoms with Crippen LogP contribution in [0.1, 0.15) is 17.2 Å². The van der Waals surface area contributed by atoms with Gasteiger partial charge in [0.05, 0.1) is 19.6 Å². The maximum Gasteiger partial charge on any atom is 0.161 e. The molecule has 0 bridgehead atoms. The zero-order valence-corrected chi connectivity index (χ0v) is 11.8. The molecule has 0 aliphatic carbocycles. The number of rotatable bonds is 6. The number of nitrogens with zero attached hydrogens (tertiary/aromatic N) is 1. The van der Waals surface area contributed by atoms with Crippen LogP contribution in [-0.2, 0) is 6.42 Å². The van der Waals surface area contributed by atoms with Gasteiger partial charge in [-0.1, -0.05) is 36.4 Å². The average Bonchev–Trinajstić information content (AvgIpc) is 2.54. The Hall–Kier alpha value is -2.51. The minimum absolute atomic E-state index is 0.137. The quantitative estimate of drug-likeness (QED) is 0.885. The normalized spacial score (nSPS) is 11.5. The molecule has 0 aromatic heterocycles. The maximum atomic E-state index is 10.1. The highest BCUT2D eigenvalue weighted by molar-refractivity contribution is 5.43. The van der Waals surface area contributed by atoms with Crippen molar-refractivity contribution >= 4 is 0 Å². The van der Waals surface area contributed by atoms with Crippen molar-refractivity contribution in [3.05, 3.63) is 59.7 Å². The highest BCUT2D eigenvalue weighted by atomic mass is 16.5. The molecular weight excluding hydrogens is 266 g/mol. The molecule has 4 nitrogen and oxygen atoms in total. The van der Waals surface area contributed by atoms with Gasteiger partial charge in [0.15, 0.2) is 11.5 Å². The number of nitriles is 1. The van der Waals surface area contributed by atoms with Gasteiger partial charge in [0, 0.05) is 0 Å². The maximum absolute atomic E-state index is 10.1. The topological polar surface area (TPSA) is 62.5 Å². The van der Waals surface area contributed by atoms with Gasteiger partial charge in [-0.25, -0.2) is 0 Å². The van der Waals surface area contributed by atoms with Crippen LogP contribution >= 0.6 is 0 Å². The zero-order valence-electron chi connectivity index (χ0n) is 11.8. The summed E-state index contributed by atoms with van der Waals surface area (Å²) in [6.45, 7) is 0.137. The van der Waals surface area contributed by atoms with Crippen LogP contribution in [-0.4, -0.2) is 18.8 Å². The number of hydrogen-bond donors (Lipinski definition) is 1. The van der Waals surface area contributed by atoms with Gasteiger partial charge >= 0.3 is 0 Å². The van der Waals surface area contributed by atoms with Crippen molar-refractivity contribution in [3.8, 4) is 17.6 Å². The van der Waals surface area contributed by atoms with Gasteiger partial charge < -0.3 is 14.6 Å². The number of methoxy groups -OCH3 is 1. The fraction of sp³-hybridized carbons (Fsp3) is 0.235. The molecule has 1 atom stereocenters. The highest BCUT2D eigenvalue weighted by Crippen LogP contribution is 2.29. The summed E-state index contributed by atoms with van der Waals surface area (Å²) in [6, 6.07) is 16.8. The first-order valence-electron chi connectivity index (χ1n) is 6.64. The predicted octanol–water partition coefficient (Wildman–Crippen LogP) is 2.87. The van der Waals surface area contributed by atoms with E-state index < -0.39 is 6.10 Å². The van der Waals surface area contributed by atoms with Crippen molar-refractivity contribution in [1.29, 1.82) is 5.26 Å². The molecule has 2 aromatic rings. The summed E-state index contributed by atoms with van der Waals surface area (Å²) in [5, 5.41) is 18.8. The van der Waals surface area contributed by atoms with E-state index in [2.05, 4.69) is 6.07 Å². The molecule has 0 spiro atoms. The number of aliphatic hydroxyl groups excluding tert-OH is 1. The Balaban J connectivity index is 2.04. The van der Waals surface area contributed by atoms with Gasteiger partial charge in [0.1, 0.15) is 12.7 Å². The summed E-state index contributed by atoms with van der Waals surface area (Å²) in [5.74, 6) is 1.11. The largest absolute Gasteiger partial charge is 0.493 e. The fourth-order valence-electron chi connectivity index (χ4n) is 1.97. The lowest BCUT2D eigenvalue weighted by molar-refractivity contribution is 0.106. The van der Waals surface area contributed by atoms with Crippen LogP contribution in [0.15, 0.2) is 48.5 Å². The first kappa shape index (κ1) is 14.9. The van der Waals surface area contributed by atoms with E-state index >= 15 is 0 Å². The molecule has 1 N–H and O–H groups in total. The molecule has 2 aromatic carbocycles. The molecular formula is C17H17NO3. The van der Waals surface area contributed by atoms with Gasteiger partial charge in [0.2, 0.25) is 0 Å². The molecule has 4 heteroatoms. The van der Waals surface area contributed by atoms with E-state index in [0.717, 1.165) is 11.1 Å². The molecule has 0 saturated heterocycles. The van der Waals surface area contributed by atoms with E-state index in [1.54, 1.807) is 19.2 Å². The minimum atomic E-state index is -0.699. The molecule has 0 aliphatic rings. The molecule has 2 rings (SSSR count). The summed E-state index contributed by atoms with van der Waals surface area (Å²) in [7, 11) is 1.55. The first-order chi connectivity index (χ1) is 10.2. The third-order valence-electron chi connectivity index (χ3n) is 3.09.